The molecule has 1 saturated heterocycles. The first-order chi connectivity index (χ1) is 12.3. The third kappa shape index (κ3) is 5.77. The summed E-state index contributed by atoms with van der Waals surface area (Å²) in [6.45, 7) is 1.50. The van der Waals surface area contributed by atoms with Crippen molar-refractivity contribution in [3.8, 4) is 5.75 Å². The molecular formula is C19H22N2O3S. The average molecular weight is 358 g/mol. The van der Waals surface area contributed by atoms with Crippen LogP contribution in [0.2, 0.25) is 0 Å². The molecule has 2 aromatic rings. The Kier molecular flexibility index (Phi) is 6.73. The van der Waals surface area contributed by atoms with Gasteiger partial charge in [0.1, 0.15) is 12.4 Å². The van der Waals surface area contributed by atoms with E-state index >= 15 is 0 Å². The molecule has 2 aromatic carbocycles. The van der Waals surface area contributed by atoms with Crippen molar-refractivity contribution in [3.05, 3.63) is 60.2 Å². The molecule has 0 radical (unpaired) electrons. The predicted octanol–water partition coefficient (Wildman–Crippen LogP) is 2.88. The van der Waals surface area contributed by atoms with E-state index < -0.39 is 0 Å². The van der Waals surface area contributed by atoms with E-state index in [0.717, 1.165) is 28.6 Å². The first-order valence-corrected chi connectivity index (χ1v) is 9.43. The molecule has 1 aliphatic rings. The van der Waals surface area contributed by atoms with Crippen LogP contribution in [0, 0.1) is 0 Å². The normalized spacial score (nSPS) is 16.6. The van der Waals surface area contributed by atoms with Crippen molar-refractivity contribution in [2.24, 2.45) is 0 Å². The fourth-order valence-electron chi connectivity index (χ4n) is 2.46. The lowest BCUT2D eigenvalue weighted by Gasteiger charge is -2.12. The van der Waals surface area contributed by atoms with E-state index in [4.69, 9.17) is 9.47 Å². The van der Waals surface area contributed by atoms with Crippen molar-refractivity contribution >= 4 is 23.4 Å². The number of nitrogens with one attached hydrogen (secondary N) is 2. The van der Waals surface area contributed by atoms with Gasteiger partial charge in [0, 0.05) is 17.3 Å². The second-order valence-electron chi connectivity index (χ2n) is 5.68. The number of benzene rings is 2. The van der Waals surface area contributed by atoms with Crippen molar-refractivity contribution in [2.75, 3.05) is 30.2 Å². The third-order valence-electron chi connectivity index (χ3n) is 3.74. The van der Waals surface area contributed by atoms with Crippen LogP contribution >= 0.6 is 11.8 Å². The van der Waals surface area contributed by atoms with E-state index in [1.165, 1.54) is 0 Å². The SMILES string of the molecule is O=C(Nc1cccc(COCCOc2ccccc2)c1)C1CSCN1. The van der Waals surface area contributed by atoms with Crippen molar-refractivity contribution < 1.29 is 14.3 Å². The molecule has 1 heterocycles. The number of thioether (sulfide) groups is 1. The number of hydrogen-bond donors (Lipinski definition) is 2. The van der Waals surface area contributed by atoms with Crippen LogP contribution < -0.4 is 15.4 Å². The minimum Gasteiger partial charge on any atom is -0.491 e. The number of rotatable bonds is 8. The Bertz CT molecular complexity index is 675. The van der Waals surface area contributed by atoms with E-state index in [0.29, 0.717) is 19.8 Å². The molecular weight excluding hydrogens is 336 g/mol. The van der Waals surface area contributed by atoms with Crippen LogP contribution in [0.25, 0.3) is 0 Å². The zero-order chi connectivity index (χ0) is 17.3. The van der Waals surface area contributed by atoms with Gasteiger partial charge in [-0.2, -0.15) is 0 Å². The van der Waals surface area contributed by atoms with Gasteiger partial charge in [-0.15, -0.1) is 11.8 Å². The summed E-state index contributed by atoms with van der Waals surface area (Å²) in [4.78, 5) is 12.1. The number of amides is 1. The standard InChI is InChI=1S/C19H22N2O3S/c22-19(18-13-25-14-20-18)21-16-6-4-5-15(11-16)12-23-9-10-24-17-7-2-1-3-8-17/h1-8,11,18,20H,9-10,12-14H2,(H,21,22). The van der Waals surface area contributed by atoms with Gasteiger partial charge >= 0.3 is 0 Å². The summed E-state index contributed by atoms with van der Waals surface area (Å²) in [6.07, 6.45) is 0. The topological polar surface area (TPSA) is 59.6 Å². The van der Waals surface area contributed by atoms with E-state index in [1.807, 2.05) is 54.6 Å². The van der Waals surface area contributed by atoms with Gasteiger partial charge in [0.25, 0.3) is 0 Å². The van der Waals surface area contributed by atoms with Gasteiger partial charge < -0.3 is 14.8 Å². The number of carbonyl (C=O) groups is 1. The average Bonchev–Trinajstić information content (AvgIpc) is 3.17. The van der Waals surface area contributed by atoms with Crippen LogP contribution in [-0.2, 0) is 16.1 Å². The van der Waals surface area contributed by atoms with E-state index in [2.05, 4.69) is 10.6 Å². The van der Waals surface area contributed by atoms with Crippen LogP contribution in [0.15, 0.2) is 54.6 Å². The van der Waals surface area contributed by atoms with Gasteiger partial charge in [0.15, 0.2) is 0 Å². The predicted molar refractivity (Wildman–Crippen MR) is 101 cm³/mol. The maximum absolute atomic E-state index is 12.1. The lowest BCUT2D eigenvalue weighted by molar-refractivity contribution is -0.117. The molecule has 2 N–H and O–H groups in total. The molecule has 1 amide bonds. The second kappa shape index (κ2) is 9.46. The molecule has 1 atom stereocenters. The molecule has 0 bridgehead atoms. The smallest absolute Gasteiger partial charge is 0.242 e. The lowest BCUT2D eigenvalue weighted by atomic mass is 10.2. The van der Waals surface area contributed by atoms with Crippen LogP contribution in [-0.4, -0.2) is 36.8 Å². The highest BCUT2D eigenvalue weighted by Gasteiger charge is 2.22. The molecule has 0 spiro atoms. The molecule has 132 valence electrons. The zero-order valence-corrected chi connectivity index (χ0v) is 14.8. The Morgan fingerprint density at radius 1 is 1.16 bits per heavy atom. The summed E-state index contributed by atoms with van der Waals surface area (Å²) in [6, 6.07) is 17.3. The monoisotopic (exact) mass is 358 g/mol. The Labute approximate surface area is 152 Å². The number of anilines is 1. The molecule has 6 heteroatoms. The summed E-state index contributed by atoms with van der Waals surface area (Å²) in [5.41, 5.74) is 1.82. The van der Waals surface area contributed by atoms with Gasteiger partial charge in [0.05, 0.1) is 19.3 Å². The maximum Gasteiger partial charge on any atom is 0.242 e. The molecule has 1 unspecified atom stereocenters. The van der Waals surface area contributed by atoms with Gasteiger partial charge in [-0.3, -0.25) is 10.1 Å². The van der Waals surface area contributed by atoms with Crippen molar-refractivity contribution in [2.45, 2.75) is 12.6 Å². The number of ether oxygens (including phenoxy) is 2. The highest BCUT2D eigenvalue weighted by Crippen LogP contribution is 2.15. The molecule has 0 aliphatic carbocycles. The number of para-hydroxylation sites is 1. The van der Waals surface area contributed by atoms with Crippen molar-refractivity contribution in [3.63, 3.8) is 0 Å². The largest absolute Gasteiger partial charge is 0.491 e. The van der Waals surface area contributed by atoms with Gasteiger partial charge in [0.2, 0.25) is 5.91 Å². The molecule has 25 heavy (non-hydrogen) atoms. The lowest BCUT2D eigenvalue weighted by Crippen LogP contribution is -2.37. The Morgan fingerprint density at radius 3 is 2.84 bits per heavy atom. The fraction of sp³-hybridized carbons (Fsp3) is 0.316. The zero-order valence-electron chi connectivity index (χ0n) is 13.9. The Morgan fingerprint density at radius 2 is 2.04 bits per heavy atom. The molecule has 3 rings (SSSR count). The van der Waals surface area contributed by atoms with E-state index in [-0.39, 0.29) is 11.9 Å². The van der Waals surface area contributed by atoms with E-state index in [9.17, 15) is 4.79 Å². The quantitative estimate of drug-likeness (QED) is 0.711. The van der Waals surface area contributed by atoms with Crippen molar-refractivity contribution in [1.82, 2.24) is 5.32 Å². The summed E-state index contributed by atoms with van der Waals surface area (Å²) >= 11 is 1.73. The first kappa shape index (κ1) is 17.8. The van der Waals surface area contributed by atoms with Crippen LogP contribution in [0.3, 0.4) is 0 Å². The summed E-state index contributed by atoms with van der Waals surface area (Å²) in [7, 11) is 0. The molecule has 1 aliphatic heterocycles. The molecule has 0 aromatic heterocycles. The van der Waals surface area contributed by atoms with E-state index in [1.54, 1.807) is 11.8 Å². The minimum atomic E-state index is -0.111. The van der Waals surface area contributed by atoms with Gasteiger partial charge in [-0.25, -0.2) is 0 Å². The van der Waals surface area contributed by atoms with Crippen LogP contribution in [0.4, 0.5) is 5.69 Å². The fourth-order valence-corrected chi connectivity index (χ4v) is 3.40. The third-order valence-corrected chi connectivity index (χ3v) is 4.68. The summed E-state index contributed by atoms with van der Waals surface area (Å²) < 4.78 is 11.2. The number of carbonyl (C=O) groups excluding carboxylic acids is 1. The maximum atomic E-state index is 12.1. The van der Waals surface area contributed by atoms with Gasteiger partial charge in [-0.05, 0) is 29.8 Å². The summed E-state index contributed by atoms with van der Waals surface area (Å²) in [5.74, 6) is 2.50. The van der Waals surface area contributed by atoms with Crippen LogP contribution in [0.1, 0.15) is 5.56 Å². The molecule has 0 saturated carbocycles. The molecule has 1 fully saturated rings. The highest BCUT2D eigenvalue weighted by molar-refractivity contribution is 7.99. The Balaban J connectivity index is 1.40. The summed E-state index contributed by atoms with van der Waals surface area (Å²) in [5, 5.41) is 6.12. The Hall–Kier alpha value is -2.02. The van der Waals surface area contributed by atoms with Crippen LogP contribution in [0.5, 0.6) is 5.75 Å². The highest BCUT2D eigenvalue weighted by atomic mass is 32.2. The minimum absolute atomic E-state index is 0.0133. The number of hydrogen-bond acceptors (Lipinski definition) is 5. The van der Waals surface area contributed by atoms with Gasteiger partial charge in [-0.1, -0.05) is 30.3 Å². The van der Waals surface area contributed by atoms with Crippen molar-refractivity contribution in [1.29, 1.82) is 0 Å². The molecule has 5 nitrogen and oxygen atoms in total. The second-order valence-corrected chi connectivity index (χ2v) is 6.71. The first-order valence-electron chi connectivity index (χ1n) is 8.28.